The van der Waals surface area contributed by atoms with Crippen molar-refractivity contribution in [2.75, 3.05) is 26.3 Å². The Bertz CT molecular complexity index is 1340. The second-order valence-corrected chi connectivity index (χ2v) is 11.1. The van der Waals surface area contributed by atoms with Gasteiger partial charge in [-0.1, -0.05) is 0 Å². The Hall–Kier alpha value is -2.86. The average Bonchev–Trinajstić information content (AvgIpc) is 3.57. The molecule has 182 valence electrons. The van der Waals surface area contributed by atoms with E-state index < -0.39 is 15.1 Å². The predicted molar refractivity (Wildman–Crippen MR) is 124 cm³/mol. The van der Waals surface area contributed by atoms with Crippen molar-refractivity contribution < 1.29 is 17.9 Å². The number of hydrogen-bond donors (Lipinski definition) is 0. The zero-order valence-corrected chi connectivity index (χ0v) is 20.5. The Labute approximate surface area is 198 Å². The molecule has 1 atom stereocenters. The fraction of sp³-hybridized carbons (Fsp3) is 0.591. The minimum atomic E-state index is -3.82. The molecular weight excluding hydrogens is 458 g/mol. The van der Waals surface area contributed by atoms with E-state index in [-0.39, 0.29) is 28.9 Å². The first-order chi connectivity index (χ1) is 16.3. The van der Waals surface area contributed by atoms with E-state index in [1.807, 2.05) is 18.5 Å². The van der Waals surface area contributed by atoms with Crippen LogP contribution in [0.1, 0.15) is 31.9 Å². The van der Waals surface area contributed by atoms with Crippen molar-refractivity contribution in [2.45, 2.75) is 49.9 Å². The number of ether oxygens (including phenoxy) is 1. The lowest BCUT2D eigenvalue weighted by molar-refractivity contribution is -0.137. The second kappa shape index (κ2) is 8.73. The Morgan fingerprint density at radius 3 is 2.68 bits per heavy atom. The molecule has 0 spiro atoms. The van der Waals surface area contributed by atoms with Crippen LogP contribution in [0.5, 0.6) is 0 Å². The average molecular weight is 488 g/mol. The number of imidazole rings is 1. The zero-order chi connectivity index (χ0) is 24.0. The summed E-state index contributed by atoms with van der Waals surface area (Å²) in [4.78, 5) is 27.7. The molecular formula is C22H29N7O4S. The molecule has 34 heavy (non-hydrogen) atoms. The maximum absolute atomic E-state index is 13.7. The van der Waals surface area contributed by atoms with Crippen LogP contribution in [0.25, 0.3) is 22.6 Å². The van der Waals surface area contributed by atoms with Crippen LogP contribution in [0, 0.1) is 12.8 Å². The van der Waals surface area contributed by atoms with Crippen molar-refractivity contribution in [3.63, 3.8) is 0 Å². The monoisotopic (exact) mass is 487 g/mol. The van der Waals surface area contributed by atoms with E-state index in [9.17, 15) is 13.2 Å². The summed E-state index contributed by atoms with van der Waals surface area (Å²) >= 11 is 0. The number of likely N-dealkylation sites (tertiary alicyclic amines) is 1. The van der Waals surface area contributed by atoms with Gasteiger partial charge in [0.2, 0.25) is 15.7 Å². The SMILES string of the molecule is CCn1ncc(-c2nc3c(S(=O)(=O)C4CCN(C(=O)C5CCOCC5)C4)ncnc3n2C)c1C. The molecule has 5 heterocycles. The number of aryl methyl sites for hydroxylation is 2. The van der Waals surface area contributed by atoms with E-state index in [0.717, 1.165) is 17.8 Å². The molecule has 0 radical (unpaired) electrons. The van der Waals surface area contributed by atoms with Gasteiger partial charge in [-0.05, 0) is 33.1 Å². The van der Waals surface area contributed by atoms with E-state index in [0.29, 0.717) is 50.5 Å². The number of amides is 1. The van der Waals surface area contributed by atoms with Crippen LogP contribution in [-0.2, 0) is 33.0 Å². The standard InChI is InChI=1S/C22H29N7O4S/c1-4-29-14(2)17(11-25-29)19-26-18-20(27(19)3)23-13-24-21(18)34(31,32)16-5-8-28(12-16)22(30)15-6-9-33-10-7-15/h11,13,15-16H,4-10,12H2,1-3H3. The van der Waals surface area contributed by atoms with Gasteiger partial charge in [0.1, 0.15) is 17.7 Å². The lowest BCUT2D eigenvalue weighted by Gasteiger charge is -2.26. The first kappa shape index (κ1) is 22.9. The minimum Gasteiger partial charge on any atom is -0.381 e. The summed E-state index contributed by atoms with van der Waals surface area (Å²) in [7, 11) is -2.02. The molecule has 0 bridgehead atoms. The van der Waals surface area contributed by atoms with Gasteiger partial charge < -0.3 is 14.2 Å². The summed E-state index contributed by atoms with van der Waals surface area (Å²) in [5.74, 6) is 0.524. The third kappa shape index (κ3) is 3.68. The van der Waals surface area contributed by atoms with E-state index in [1.165, 1.54) is 6.33 Å². The maximum atomic E-state index is 13.7. The quantitative estimate of drug-likeness (QED) is 0.494. The molecule has 2 fully saturated rings. The van der Waals surface area contributed by atoms with Gasteiger partial charge in [0.15, 0.2) is 10.7 Å². The molecule has 2 aliphatic rings. The summed E-state index contributed by atoms with van der Waals surface area (Å²) in [5.41, 5.74) is 2.45. The highest BCUT2D eigenvalue weighted by Crippen LogP contribution is 2.31. The second-order valence-electron chi connectivity index (χ2n) is 8.93. The Balaban J connectivity index is 1.46. The molecule has 0 aromatic carbocycles. The lowest BCUT2D eigenvalue weighted by Crippen LogP contribution is -2.38. The largest absolute Gasteiger partial charge is 0.381 e. The molecule has 1 amide bonds. The molecule has 12 heteroatoms. The molecule has 0 N–H and O–H groups in total. The van der Waals surface area contributed by atoms with Crippen molar-refractivity contribution >= 4 is 26.9 Å². The number of sulfone groups is 1. The van der Waals surface area contributed by atoms with Crippen LogP contribution in [0.15, 0.2) is 17.6 Å². The van der Waals surface area contributed by atoms with Gasteiger partial charge in [-0.25, -0.2) is 23.4 Å². The van der Waals surface area contributed by atoms with Crippen LogP contribution < -0.4 is 0 Å². The number of hydrogen-bond acceptors (Lipinski definition) is 8. The third-order valence-corrected chi connectivity index (χ3v) is 9.10. The Kier molecular flexibility index (Phi) is 5.88. The van der Waals surface area contributed by atoms with Gasteiger partial charge in [0, 0.05) is 51.5 Å². The summed E-state index contributed by atoms with van der Waals surface area (Å²) in [6.45, 7) is 6.43. The molecule has 2 aliphatic heterocycles. The molecule has 0 saturated carbocycles. The third-order valence-electron chi connectivity index (χ3n) is 7.00. The zero-order valence-electron chi connectivity index (χ0n) is 19.6. The van der Waals surface area contributed by atoms with Crippen LogP contribution in [-0.4, -0.2) is 80.1 Å². The fourth-order valence-electron chi connectivity index (χ4n) is 4.95. The molecule has 3 aromatic heterocycles. The molecule has 0 aliphatic carbocycles. The van der Waals surface area contributed by atoms with Gasteiger partial charge in [0.05, 0.1) is 17.0 Å². The topological polar surface area (TPSA) is 125 Å². The lowest BCUT2D eigenvalue weighted by atomic mass is 9.99. The number of carbonyl (C=O) groups excluding carboxylic acids is 1. The summed E-state index contributed by atoms with van der Waals surface area (Å²) < 4.78 is 36.3. The summed E-state index contributed by atoms with van der Waals surface area (Å²) in [5, 5.41) is 3.59. The van der Waals surface area contributed by atoms with Crippen LogP contribution in [0.2, 0.25) is 0 Å². The Morgan fingerprint density at radius 1 is 1.21 bits per heavy atom. The number of nitrogens with zero attached hydrogens (tertiary/aromatic N) is 7. The number of rotatable bonds is 5. The van der Waals surface area contributed by atoms with Crippen molar-refractivity contribution in [3.05, 3.63) is 18.2 Å². The highest BCUT2D eigenvalue weighted by atomic mass is 32.2. The van der Waals surface area contributed by atoms with Crippen LogP contribution in [0.4, 0.5) is 0 Å². The molecule has 5 rings (SSSR count). The smallest absolute Gasteiger partial charge is 0.225 e. The van der Waals surface area contributed by atoms with E-state index in [4.69, 9.17) is 4.74 Å². The summed E-state index contributed by atoms with van der Waals surface area (Å²) in [6.07, 6.45) is 4.75. The van der Waals surface area contributed by atoms with Crippen molar-refractivity contribution in [1.82, 2.24) is 34.2 Å². The first-order valence-electron chi connectivity index (χ1n) is 11.6. The van der Waals surface area contributed by atoms with Crippen LogP contribution >= 0.6 is 0 Å². The Morgan fingerprint density at radius 2 is 1.97 bits per heavy atom. The van der Waals surface area contributed by atoms with Gasteiger partial charge in [0.25, 0.3) is 0 Å². The van der Waals surface area contributed by atoms with Crippen molar-refractivity contribution in [3.8, 4) is 11.4 Å². The normalized spacial score (nSPS) is 19.9. The highest BCUT2D eigenvalue weighted by Gasteiger charge is 2.40. The van der Waals surface area contributed by atoms with E-state index >= 15 is 0 Å². The first-order valence-corrected chi connectivity index (χ1v) is 13.2. The van der Waals surface area contributed by atoms with E-state index in [2.05, 4.69) is 20.1 Å². The van der Waals surface area contributed by atoms with E-state index in [1.54, 1.807) is 22.7 Å². The van der Waals surface area contributed by atoms with Crippen molar-refractivity contribution in [2.24, 2.45) is 13.0 Å². The number of carbonyl (C=O) groups is 1. The molecule has 2 saturated heterocycles. The number of fused-ring (bicyclic) bond motifs is 1. The maximum Gasteiger partial charge on any atom is 0.225 e. The minimum absolute atomic E-state index is 0.0253. The van der Waals surface area contributed by atoms with Gasteiger partial charge >= 0.3 is 0 Å². The van der Waals surface area contributed by atoms with Gasteiger partial charge in [-0.3, -0.25) is 9.48 Å². The van der Waals surface area contributed by atoms with Crippen molar-refractivity contribution in [1.29, 1.82) is 0 Å². The van der Waals surface area contributed by atoms with Crippen LogP contribution in [0.3, 0.4) is 0 Å². The fourth-order valence-corrected chi connectivity index (χ4v) is 6.66. The van der Waals surface area contributed by atoms with Gasteiger partial charge in [-0.2, -0.15) is 5.10 Å². The highest BCUT2D eigenvalue weighted by molar-refractivity contribution is 7.92. The molecule has 11 nitrogen and oxygen atoms in total. The van der Waals surface area contributed by atoms with Gasteiger partial charge in [-0.15, -0.1) is 0 Å². The molecule has 3 aromatic rings. The summed E-state index contributed by atoms with van der Waals surface area (Å²) in [6, 6.07) is 0. The number of aromatic nitrogens is 6. The predicted octanol–water partition coefficient (Wildman–Crippen LogP) is 1.36. The molecule has 1 unspecified atom stereocenters.